The first-order valence-electron chi connectivity index (χ1n) is 5.57. The summed E-state index contributed by atoms with van der Waals surface area (Å²) in [4.78, 5) is 0.323. The van der Waals surface area contributed by atoms with E-state index in [0.29, 0.717) is 22.8 Å². The van der Waals surface area contributed by atoms with Gasteiger partial charge >= 0.3 is 0 Å². The molecule has 1 N–H and O–H groups in total. The Kier molecular flexibility index (Phi) is 4.54. The van der Waals surface area contributed by atoms with Gasteiger partial charge in [0.1, 0.15) is 5.75 Å². The van der Waals surface area contributed by atoms with Crippen LogP contribution in [0.5, 0.6) is 5.75 Å². The van der Waals surface area contributed by atoms with Gasteiger partial charge in [-0.25, -0.2) is 13.1 Å². The van der Waals surface area contributed by atoms with E-state index in [9.17, 15) is 8.42 Å². The van der Waals surface area contributed by atoms with E-state index in [-0.39, 0.29) is 0 Å². The molecule has 0 spiro atoms. The number of benzene rings is 1. The maximum absolute atomic E-state index is 12.0. The lowest BCUT2D eigenvalue weighted by Crippen LogP contribution is -2.25. The third kappa shape index (κ3) is 3.20. The van der Waals surface area contributed by atoms with Crippen LogP contribution in [0.25, 0.3) is 0 Å². The van der Waals surface area contributed by atoms with Gasteiger partial charge in [-0.1, -0.05) is 6.92 Å². The predicted molar refractivity (Wildman–Crippen MR) is 67.9 cm³/mol. The average molecular weight is 257 g/mol. The minimum Gasteiger partial charge on any atom is -0.496 e. The van der Waals surface area contributed by atoms with Crippen molar-refractivity contribution >= 4 is 10.0 Å². The largest absolute Gasteiger partial charge is 0.496 e. The highest BCUT2D eigenvalue weighted by Gasteiger charge is 2.17. The smallest absolute Gasteiger partial charge is 0.240 e. The Bertz CT molecular complexity index is 495. The van der Waals surface area contributed by atoms with Gasteiger partial charge in [-0.05, 0) is 43.5 Å². The Balaban J connectivity index is 3.19. The van der Waals surface area contributed by atoms with Crippen molar-refractivity contribution in [3.8, 4) is 5.75 Å². The van der Waals surface area contributed by atoms with E-state index in [1.54, 1.807) is 26.2 Å². The number of aryl methyl sites for hydroxylation is 2. The van der Waals surface area contributed by atoms with Crippen LogP contribution in [-0.4, -0.2) is 22.1 Å². The first-order chi connectivity index (χ1) is 7.92. The molecule has 17 heavy (non-hydrogen) atoms. The maximum atomic E-state index is 12.0. The van der Waals surface area contributed by atoms with Gasteiger partial charge in [-0.2, -0.15) is 0 Å². The third-order valence-corrected chi connectivity index (χ3v) is 4.13. The summed E-state index contributed by atoms with van der Waals surface area (Å²) in [7, 11) is -1.83. The van der Waals surface area contributed by atoms with Crippen LogP contribution in [0.3, 0.4) is 0 Å². The molecule has 0 aliphatic carbocycles. The average Bonchev–Trinajstić information content (AvgIpc) is 2.28. The Morgan fingerprint density at radius 1 is 1.24 bits per heavy atom. The fourth-order valence-electron chi connectivity index (χ4n) is 1.59. The summed E-state index contributed by atoms with van der Waals surface area (Å²) in [5, 5.41) is 0. The zero-order valence-electron chi connectivity index (χ0n) is 10.7. The molecule has 0 fully saturated rings. The zero-order chi connectivity index (χ0) is 13.1. The van der Waals surface area contributed by atoms with Crippen LogP contribution < -0.4 is 9.46 Å². The lowest BCUT2D eigenvalue weighted by Gasteiger charge is -2.12. The lowest BCUT2D eigenvalue weighted by molar-refractivity contribution is 0.411. The van der Waals surface area contributed by atoms with Crippen LogP contribution in [0.4, 0.5) is 0 Å². The maximum Gasteiger partial charge on any atom is 0.240 e. The van der Waals surface area contributed by atoms with Gasteiger partial charge in [-0.15, -0.1) is 0 Å². The molecule has 0 bridgehead atoms. The number of ether oxygens (including phenoxy) is 1. The molecule has 0 amide bonds. The lowest BCUT2D eigenvalue weighted by atomic mass is 10.1. The van der Waals surface area contributed by atoms with E-state index >= 15 is 0 Å². The quantitative estimate of drug-likeness (QED) is 0.877. The van der Waals surface area contributed by atoms with E-state index in [0.717, 1.165) is 12.0 Å². The molecule has 4 nitrogen and oxygen atoms in total. The fourth-order valence-corrected chi connectivity index (χ4v) is 3.03. The SMILES string of the molecule is CCCNS(=O)(=O)c1cc(C)c(OC)cc1C. The number of sulfonamides is 1. The fraction of sp³-hybridized carbons (Fsp3) is 0.500. The molecular weight excluding hydrogens is 238 g/mol. The van der Waals surface area contributed by atoms with Gasteiger partial charge in [0.25, 0.3) is 0 Å². The Labute approximate surface area is 103 Å². The summed E-state index contributed by atoms with van der Waals surface area (Å²) >= 11 is 0. The van der Waals surface area contributed by atoms with Crippen molar-refractivity contribution in [2.24, 2.45) is 0 Å². The van der Waals surface area contributed by atoms with Crippen molar-refractivity contribution in [1.29, 1.82) is 0 Å². The monoisotopic (exact) mass is 257 g/mol. The van der Waals surface area contributed by atoms with Crippen LogP contribution >= 0.6 is 0 Å². The van der Waals surface area contributed by atoms with E-state index in [1.807, 2.05) is 13.8 Å². The minimum absolute atomic E-state index is 0.323. The Morgan fingerprint density at radius 3 is 2.41 bits per heavy atom. The standard InChI is InChI=1S/C12H19NO3S/c1-5-6-13-17(14,15)12-8-9(2)11(16-4)7-10(12)3/h7-8,13H,5-6H2,1-4H3. The number of hydrogen-bond acceptors (Lipinski definition) is 3. The molecule has 1 aromatic carbocycles. The van der Waals surface area contributed by atoms with E-state index < -0.39 is 10.0 Å². The zero-order valence-corrected chi connectivity index (χ0v) is 11.5. The molecule has 0 aliphatic heterocycles. The molecule has 0 radical (unpaired) electrons. The number of hydrogen-bond donors (Lipinski definition) is 1. The van der Waals surface area contributed by atoms with Gasteiger partial charge in [0.15, 0.2) is 0 Å². The third-order valence-electron chi connectivity index (χ3n) is 2.52. The van der Waals surface area contributed by atoms with Crippen LogP contribution in [0.2, 0.25) is 0 Å². The van der Waals surface area contributed by atoms with Crippen LogP contribution in [0, 0.1) is 13.8 Å². The van der Waals surface area contributed by atoms with Gasteiger partial charge in [0.05, 0.1) is 12.0 Å². The Hall–Kier alpha value is -1.07. The topological polar surface area (TPSA) is 55.4 Å². The van der Waals surface area contributed by atoms with Crippen molar-refractivity contribution in [2.75, 3.05) is 13.7 Å². The summed E-state index contributed by atoms with van der Waals surface area (Å²) in [5.74, 6) is 0.706. The molecule has 5 heteroatoms. The van der Waals surface area contributed by atoms with Crippen molar-refractivity contribution < 1.29 is 13.2 Å². The second kappa shape index (κ2) is 5.51. The highest BCUT2D eigenvalue weighted by molar-refractivity contribution is 7.89. The van der Waals surface area contributed by atoms with E-state index in [2.05, 4.69) is 4.72 Å². The van der Waals surface area contributed by atoms with E-state index in [1.165, 1.54) is 0 Å². The summed E-state index contributed by atoms with van der Waals surface area (Å²) in [5.41, 5.74) is 1.51. The van der Waals surface area contributed by atoms with Gasteiger partial charge in [-0.3, -0.25) is 0 Å². The highest BCUT2D eigenvalue weighted by atomic mass is 32.2. The predicted octanol–water partition coefficient (Wildman–Crippen LogP) is 2.00. The first kappa shape index (κ1) is 14.0. The Morgan fingerprint density at radius 2 is 1.88 bits per heavy atom. The second-order valence-electron chi connectivity index (χ2n) is 3.99. The molecule has 0 aromatic heterocycles. The van der Waals surface area contributed by atoms with Crippen molar-refractivity contribution in [1.82, 2.24) is 4.72 Å². The van der Waals surface area contributed by atoms with E-state index in [4.69, 9.17) is 4.74 Å². The van der Waals surface area contributed by atoms with Crippen molar-refractivity contribution in [3.63, 3.8) is 0 Å². The molecule has 0 aliphatic rings. The molecular formula is C12H19NO3S. The molecule has 1 aromatic rings. The summed E-state index contributed by atoms with van der Waals surface area (Å²) < 4.78 is 31.7. The molecule has 0 unspecified atom stereocenters. The summed E-state index contributed by atoms with van der Waals surface area (Å²) in [6, 6.07) is 3.39. The molecule has 0 saturated heterocycles. The molecule has 96 valence electrons. The molecule has 0 heterocycles. The number of rotatable bonds is 5. The molecule has 0 atom stereocenters. The summed E-state index contributed by atoms with van der Waals surface area (Å²) in [6.45, 7) is 5.97. The van der Waals surface area contributed by atoms with Crippen LogP contribution in [0.15, 0.2) is 17.0 Å². The van der Waals surface area contributed by atoms with Crippen LogP contribution in [-0.2, 0) is 10.0 Å². The van der Waals surface area contributed by atoms with Gasteiger partial charge < -0.3 is 4.74 Å². The second-order valence-corrected chi connectivity index (χ2v) is 5.72. The van der Waals surface area contributed by atoms with Crippen molar-refractivity contribution in [2.45, 2.75) is 32.1 Å². The molecule has 1 rings (SSSR count). The van der Waals surface area contributed by atoms with Crippen molar-refractivity contribution in [3.05, 3.63) is 23.3 Å². The van der Waals surface area contributed by atoms with Gasteiger partial charge in [0.2, 0.25) is 10.0 Å². The highest BCUT2D eigenvalue weighted by Crippen LogP contribution is 2.25. The normalized spacial score (nSPS) is 11.5. The van der Waals surface area contributed by atoms with Gasteiger partial charge in [0, 0.05) is 6.54 Å². The molecule has 0 saturated carbocycles. The first-order valence-corrected chi connectivity index (χ1v) is 7.05. The number of methoxy groups -OCH3 is 1. The minimum atomic E-state index is -3.41. The summed E-state index contributed by atoms with van der Waals surface area (Å²) in [6.07, 6.45) is 0.771. The van der Waals surface area contributed by atoms with Crippen LogP contribution in [0.1, 0.15) is 24.5 Å². The number of nitrogens with one attached hydrogen (secondary N) is 1.